The number of pyridine rings is 1. The van der Waals surface area contributed by atoms with Gasteiger partial charge in [-0.2, -0.15) is 0 Å². The van der Waals surface area contributed by atoms with Crippen LogP contribution in [0.3, 0.4) is 0 Å². The molecule has 2 N–H and O–H groups in total. The molecule has 1 fully saturated rings. The second-order valence-corrected chi connectivity index (χ2v) is 6.61. The largest absolute Gasteiger partial charge is 0.490 e. The van der Waals surface area contributed by atoms with E-state index in [0.29, 0.717) is 30.5 Å². The van der Waals surface area contributed by atoms with Crippen molar-refractivity contribution in [3.63, 3.8) is 0 Å². The van der Waals surface area contributed by atoms with Gasteiger partial charge in [0.15, 0.2) is 11.5 Å². The lowest BCUT2D eigenvalue weighted by atomic mass is 9.97. The number of hydrogen-bond donors (Lipinski definition) is 2. The Hall–Kier alpha value is -2.31. The molecular formula is C21H28ClN3O3. The van der Waals surface area contributed by atoms with Crippen LogP contribution < -0.4 is 20.1 Å². The Bertz CT molecular complexity index is 751. The van der Waals surface area contributed by atoms with E-state index in [4.69, 9.17) is 9.47 Å². The number of benzene rings is 1. The molecule has 1 aliphatic heterocycles. The predicted octanol–water partition coefficient (Wildman–Crippen LogP) is 3.70. The summed E-state index contributed by atoms with van der Waals surface area (Å²) in [7, 11) is 0. The van der Waals surface area contributed by atoms with E-state index < -0.39 is 0 Å². The average molecular weight is 406 g/mol. The summed E-state index contributed by atoms with van der Waals surface area (Å²) in [4.78, 5) is 16.7. The van der Waals surface area contributed by atoms with Crippen LogP contribution in [0.25, 0.3) is 0 Å². The Morgan fingerprint density at radius 2 is 1.93 bits per heavy atom. The fourth-order valence-corrected chi connectivity index (χ4v) is 3.03. The molecule has 2 heterocycles. The highest BCUT2D eigenvalue weighted by molar-refractivity contribution is 5.85. The minimum atomic E-state index is 0. The Morgan fingerprint density at radius 3 is 2.68 bits per heavy atom. The number of aromatic nitrogens is 1. The molecule has 3 rings (SSSR count). The second-order valence-electron chi connectivity index (χ2n) is 6.61. The van der Waals surface area contributed by atoms with Gasteiger partial charge >= 0.3 is 0 Å². The molecule has 0 radical (unpaired) electrons. The van der Waals surface area contributed by atoms with Crippen molar-refractivity contribution in [3.8, 4) is 17.4 Å². The van der Waals surface area contributed by atoms with Gasteiger partial charge in [0.1, 0.15) is 0 Å². The molecule has 1 aromatic heterocycles. The molecule has 0 unspecified atom stereocenters. The molecular weight excluding hydrogens is 378 g/mol. The summed E-state index contributed by atoms with van der Waals surface area (Å²) in [6.45, 7) is 4.87. The van der Waals surface area contributed by atoms with Crippen molar-refractivity contribution < 1.29 is 14.3 Å². The van der Waals surface area contributed by atoms with Gasteiger partial charge in [-0.15, -0.1) is 12.4 Å². The summed E-state index contributed by atoms with van der Waals surface area (Å²) in [5.41, 5.74) is 0.838. The van der Waals surface area contributed by atoms with Gasteiger partial charge in [0.2, 0.25) is 11.8 Å². The molecule has 0 bridgehead atoms. The second kappa shape index (κ2) is 11.5. The van der Waals surface area contributed by atoms with Gasteiger partial charge in [-0.3, -0.25) is 4.79 Å². The molecule has 152 valence electrons. The van der Waals surface area contributed by atoms with E-state index in [9.17, 15) is 4.79 Å². The minimum Gasteiger partial charge on any atom is -0.490 e. The summed E-state index contributed by atoms with van der Waals surface area (Å²) < 4.78 is 11.8. The summed E-state index contributed by atoms with van der Waals surface area (Å²) in [6.07, 6.45) is 4.36. The van der Waals surface area contributed by atoms with E-state index in [2.05, 4.69) is 22.5 Å². The Kier molecular flexibility index (Phi) is 9.04. The molecule has 28 heavy (non-hydrogen) atoms. The lowest BCUT2D eigenvalue weighted by Crippen LogP contribution is -2.37. The number of carbonyl (C=O) groups is 1. The number of hydrogen-bond acceptors (Lipinski definition) is 5. The smallest absolute Gasteiger partial charge is 0.224 e. The van der Waals surface area contributed by atoms with Gasteiger partial charge in [0, 0.05) is 24.2 Å². The van der Waals surface area contributed by atoms with Crippen LogP contribution in [-0.2, 0) is 11.3 Å². The first-order valence-electron chi connectivity index (χ1n) is 9.60. The maximum absolute atomic E-state index is 12.4. The normalized spacial score (nSPS) is 14.0. The highest BCUT2D eigenvalue weighted by Gasteiger charge is 2.21. The first-order chi connectivity index (χ1) is 13.3. The molecule has 0 aliphatic carbocycles. The van der Waals surface area contributed by atoms with Crippen molar-refractivity contribution in [1.82, 2.24) is 15.6 Å². The van der Waals surface area contributed by atoms with Gasteiger partial charge in [0.25, 0.3) is 0 Å². The number of para-hydroxylation sites is 2. The molecule has 7 heteroatoms. The van der Waals surface area contributed by atoms with Crippen molar-refractivity contribution >= 4 is 18.3 Å². The van der Waals surface area contributed by atoms with Gasteiger partial charge in [-0.25, -0.2) is 4.98 Å². The summed E-state index contributed by atoms with van der Waals surface area (Å²) in [6, 6.07) is 11.3. The third-order valence-corrected chi connectivity index (χ3v) is 4.53. The quantitative estimate of drug-likeness (QED) is 0.700. The lowest BCUT2D eigenvalue weighted by molar-refractivity contribution is -0.125. The van der Waals surface area contributed by atoms with E-state index in [1.165, 1.54) is 0 Å². The molecule has 1 aliphatic rings. The van der Waals surface area contributed by atoms with Crippen LogP contribution in [0.5, 0.6) is 17.4 Å². The minimum absolute atomic E-state index is 0. The summed E-state index contributed by atoms with van der Waals surface area (Å²) >= 11 is 0. The van der Waals surface area contributed by atoms with Crippen LogP contribution in [-0.4, -0.2) is 30.6 Å². The van der Waals surface area contributed by atoms with Crippen LogP contribution >= 0.6 is 12.4 Å². The van der Waals surface area contributed by atoms with E-state index >= 15 is 0 Å². The lowest BCUT2D eigenvalue weighted by Gasteiger charge is -2.22. The number of rotatable bonds is 8. The summed E-state index contributed by atoms with van der Waals surface area (Å²) in [5, 5.41) is 6.30. The maximum atomic E-state index is 12.4. The average Bonchev–Trinajstić information content (AvgIpc) is 2.73. The number of nitrogens with zero attached hydrogens (tertiary/aromatic N) is 1. The van der Waals surface area contributed by atoms with Crippen molar-refractivity contribution in [2.75, 3.05) is 19.7 Å². The van der Waals surface area contributed by atoms with Gasteiger partial charge < -0.3 is 20.1 Å². The molecule has 0 spiro atoms. The zero-order chi connectivity index (χ0) is 18.9. The first-order valence-corrected chi connectivity index (χ1v) is 9.60. The molecule has 6 nitrogen and oxygen atoms in total. The number of carbonyl (C=O) groups excluding carboxylic acids is 1. The number of amides is 1. The van der Waals surface area contributed by atoms with Crippen LogP contribution in [0.4, 0.5) is 0 Å². The van der Waals surface area contributed by atoms with E-state index in [-0.39, 0.29) is 24.2 Å². The monoisotopic (exact) mass is 405 g/mol. The van der Waals surface area contributed by atoms with Crippen LogP contribution in [0.2, 0.25) is 0 Å². The van der Waals surface area contributed by atoms with E-state index in [1.807, 2.05) is 36.4 Å². The Labute approximate surface area is 172 Å². The van der Waals surface area contributed by atoms with Gasteiger partial charge in [0.05, 0.1) is 6.61 Å². The fraction of sp³-hybridized carbons (Fsp3) is 0.429. The van der Waals surface area contributed by atoms with Crippen molar-refractivity contribution in [2.24, 2.45) is 5.92 Å². The van der Waals surface area contributed by atoms with E-state index in [1.54, 1.807) is 6.20 Å². The van der Waals surface area contributed by atoms with Gasteiger partial charge in [-0.05, 0) is 50.6 Å². The first kappa shape index (κ1) is 22.0. The van der Waals surface area contributed by atoms with E-state index in [0.717, 1.165) is 37.9 Å². The summed E-state index contributed by atoms with van der Waals surface area (Å²) in [5.74, 6) is 1.97. The number of piperidine rings is 1. The SMILES string of the molecule is CCCOc1ccccc1Oc1ncccc1CNC(=O)C1CCNCC1.Cl. The standard InChI is InChI=1S/C21H27N3O3.ClH/c1-2-14-26-18-7-3-4-8-19(18)27-21-17(6-5-11-23-21)15-24-20(25)16-9-12-22-13-10-16;/h3-8,11,16,22H,2,9-10,12-15H2,1H3,(H,24,25);1H. The van der Waals surface area contributed by atoms with Crippen LogP contribution in [0, 0.1) is 5.92 Å². The fourth-order valence-electron chi connectivity index (χ4n) is 3.03. The number of nitrogens with one attached hydrogen (secondary N) is 2. The van der Waals surface area contributed by atoms with Crippen molar-refractivity contribution in [3.05, 3.63) is 48.2 Å². The zero-order valence-electron chi connectivity index (χ0n) is 16.1. The van der Waals surface area contributed by atoms with Crippen molar-refractivity contribution in [1.29, 1.82) is 0 Å². The molecule has 1 amide bonds. The van der Waals surface area contributed by atoms with Gasteiger partial charge in [-0.1, -0.05) is 25.1 Å². The number of halogens is 1. The molecule has 0 atom stereocenters. The molecule has 1 saturated heterocycles. The Morgan fingerprint density at radius 1 is 1.18 bits per heavy atom. The van der Waals surface area contributed by atoms with Crippen molar-refractivity contribution in [2.45, 2.75) is 32.7 Å². The maximum Gasteiger partial charge on any atom is 0.224 e. The molecule has 0 saturated carbocycles. The highest BCUT2D eigenvalue weighted by Crippen LogP contribution is 2.32. The third-order valence-electron chi connectivity index (χ3n) is 4.53. The third kappa shape index (κ3) is 6.11. The number of ether oxygens (including phenoxy) is 2. The highest BCUT2D eigenvalue weighted by atomic mass is 35.5. The van der Waals surface area contributed by atoms with Crippen LogP contribution in [0.1, 0.15) is 31.7 Å². The molecule has 1 aromatic carbocycles. The predicted molar refractivity (Wildman–Crippen MR) is 111 cm³/mol. The zero-order valence-corrected chi connectivity index (χ0v) is 17.0. The Balaban J connectivity index is 0.00000280. The molecule has 2 aromatic rings. The van der Waals surface area contributed by atoms with Crippen LogP contribution in [0.15, 0.2) is 42.6 Å². The topological polar surface area (TPSA) is 72.5 Å².